The van der Waals surface area contributed by atoms with Crippen LogP contribution in [0, 0.1) is 0 Å². The summed E-state index contributed by atoms with van der Waals surface area (Å²) < 4.78 is 0. The Hall–Kier alpha value is -2.33. The molecule has 1 N–H and O–H groups in total. The van der Waals surface area contributed by atoms with Crippen molar-refractivity contribution in [3.05, 3.63) is 64.7 Å². The van der Waals surface area contributed by atoms with Crippen molar-refractivity contribution in [2.24, 2.45) is 0 Å². The fourth-order valence-electron chi connectivity index (χ4n) is 2.48. The molecule has 0 atom stereocenters. The third kappa shape index (κ3) is 5.91. The van der Waals surface area contributed by atoms with E-state index in [2.05, 4.69) is 12.2 Å². The molecule has 0 fully saturated rings. The lowest BCUT2D eigenvalue weighted by atomic mass is 10.1. The van der Waals surface area contributed by atoms with Crippen molar-refractivity contribution in [3.63, 3.8) is 0 Å². The first-order valence-electron chi connectivity index (χ1n) is 8.37. The quantitative estimate of drug-likeness (QED) is 0.814. The highest BCUT2D eigenvalue weighted by Crippen LogP contribution is 2.16. The minimum absolute atomic E-state index is 0.0743. The molecule has 4 nitrogen and oxygen atoms in total. The topological polar surface area (TPSA) is 49.4 Å². The summed E-state index contributed by atoms with van der Waals surface area (Å²) in [7, 11) is 0. The number of halogens is 1. The molecule has 0 heterocycles. The molecule has 132 valence electrons. The van der Waals surface area contributed by atoms with Crippen LogP contribution in [0.15, 0.2) is 48.5 Å². The average molecular weight is 359 g/mol. The molecule has 2 amide bonds. The van der Waals surface area contributed by atoms with Crippen LogP contribution in [0.3, 0.4) is 0 Å². The van der Waals surface area contributed by atoms with Crippen LogP contribution < -0.4 is 10.2 Å². The number of hydrogen-bond donors (Lipinski definition) is 1. The molecule has 0 spiro atoms. The van der Waals surface area contributed by atoms with E-state index in [1.165, 1.54) is 12.5 Å². The number of carbonyl (C=O) groups is 2. The van der Waals surface area contributed by atoms with Crippen LogP contribution >= 0.6 is 11.6 Å². The van der Waals surface area contributed by atoms with Gasteiger partial charge >= 0.3 is 0 Å². The van der Waals surface area contributed by atoms with Crippen LogP contribution in [-0.4, -0.2) is 18.4 Å². The molecule has 2 rings (SSSR count). The van der Waals surface area contributed by atoms with Crippen molar-refractivity contribution >= 4 is 29.1 Å². The number of carbonyl (C=O) groups excluding carboxylic acids is 2. The molecule has 25 heavy (non-hydrogen) atoms. The van der Waals surface area contributed by atoms with Gasteiger partial charge in [-0.25, -0.2) is 0 Å². The molecule has 2 aromatic carbocycles. The number of rotatable bonds is 7. The van der Waals surface area contributed by atoms with Gasteiger partial charge in [0.25, 0.3) is 0 Å². The summed E-state index contributed by atoms with van der Waals surface area (Å²) in [6.07, 6.45) is 1.20. The standard InChI is InChI=1S/C20H23ClN2O2/c1-3-16-6-10-19(11-7-16)23(15(2)24)13-12-20(25)22-14-17-4-8-18(21)9-5-17/h4-11H,3,12-14H2,1-2H3,(H,22,25). The Morgan fingerprint density at radius 1 is 1.00 bits per heavy atom. The van der Waals surface area contributed by atoms with Crippen LogP contribution in [-0.2, 0) is 22.6 Å². The lowest BCUT2D eigenvalue weighted by Gasteiger charge is -2.21. The summed E-state index contributed by atoms with van der Waals surface area (Å²) in [5, 5.41) is 3.53. The Labute approximate surface area is 153 Å². The van der Waals surface area contributed by atoms with Gasteiger partial charge in [0.05, 0.1) is 0 Å². The number of hydrogen-bond acceptors (Lipinski definition) is 2. The molecular formula is C20H23ClN2O2. The minimum atomic E-state index is -0.0913. The predicted molar refractivity (Wildman–Crippen MR) is 102 cm³/mol. The number of benzene rings is 2. The normalized spacial score (nSPS) is 10.4. The zero-order valence-electron chi connectivity index (χ0n) is 14.6. The summed E-state index contributed by atoms with van der Waals surface area (Å²) in [5.74, 6) is -0.166. The predicted octanol–water partition coefficient (Wildman–Crippen LogP) is 3.96. The maximum Gasteiger partial charge on any atom is 0.223 e. The van der Waals surface area contributed by atoms with E-state index in [9.17, 15) is 9.59 Å². The van der Waals surface area contributed by atoms with E-state index in [1.807, 2.05) is 36.4 Å². The second-order valence-electron chi connectivity index (χ2n) is 5.84. The monoisotopic (exact) mass is 358 g/mol. The Morgan fingerprint density at radius 3 is 2.16 bits per heavy atom. The smallest absolute Gasteiger partial charge is 0.223 e. The van der Waals surface area contributed by atoms with Gasteiger partial charge < -0.3 is 10.2 Å². The van der Waals surface area contributed by atoms with Crippen molar-refractivity contribution in [2.75, 3.05) is 11.4 Å². The second kappa shape index (κ2) is 9.23. The summed E-state index contributed by atoms with van der Waals surface area (Å²) in [6, 6.07) is 15.2. The minimum Gasteiger partial charge on any atom is -0.352 e. The van der Waals surface area contributed by atoms with E-state index in [-0.39, 0.29) is 18.2 Å². The van der Waals surface area contributed by atoms with Gasteiger partial charge in [0.2, 0.25) is 11.8 Å². The Balaban J connectivity index is 1.88. The number of nitrogens with zero attached hydrogens (tertiary/aromatic N) is 1. The first-order valence-corrected chi connectivity index (χ1v) is 8.75. The molecule has 0 aliphatic rings. The fourth-order valence-corrected chi connectivity index (χ4v) is 2.61. The largest absolute Gasteiger partial charge is 0.352 e. The molecule has 0 saturated heterocycles. The fraction of sp³-hybridized carbons (Fsp3) is 0.300. The van der Waals surface area contributed by atoms with Crippen molar-refractivity contribution in [1.29, 1.82) is 0 Å². The van der Waals surface area contributed by atoms with Gasteiger partial charge in [-0.05, 0) is 41.8 Å². The van der Waals surface area contributed by atoms with Crippen molar-refractivity contribution in [2.45, 2.75) is 33.2 Å². The zero-order valence-corrected chi connectivity index (χ0v) is 15.3. The molecule has 0 radical (unpaired) electrons. The van der Waals surface area contributed by atoms with E-state index in [1.54, 1.807) is 17.0 Å². The SMILES string of the molecule is CCc1ccc(N(CCC(=O)NCc2ccc(Cl)cc2)C(C)=O)cc1. The molecule has 2 aromatic rings. The van der Waals surface area contributed by atoms with E-state index in [0.29, 0.717) is 18.1 Å². The van der Waals surface area contributed by atoms with Crippen LogP contribution in [0.4, 0.5) is 5.69 Å². The second-order valence-corrected chi connectivity index (χ2v) is 6.28. The van der Waals surface area contributed by atoms with Crippen LogP contribution in [0.25, 0.3) is 0 Å². The van der Waals surface area contributed by atoms with Crippen molar-refractivity contribution in [1.82, 2.24) is 5.32 Å². The van der Waals surface area contributed by atoms with Crippen molar-refractivity contribution in [3.8, 4) is 0 Å². The first-order chi connectivity index (χ1) is 12.0. The summed E-state index contributed by atoms with van der Waals surface area (Å²) in [6.45, 7) is 4.40. The third-order valence-electron chi connectivity index (χ3n) is 4.00. The van der Waals surface area contributed by atoms with Gasteiger partial charge in [-0.1, -0.05) is 42.8 Å². The maximum absolute atomic E-state index is 12.1. The van der Waals surface area contributed by atoms with E-state index in [4.69, 9.17) is 11.6 Å². The highest BCUT2D eigenvalue weighted by molar-refractivity contribution is 6.30. The zero-order chi connectivity index (χ0) is 18.2. The number of anilines is 1. The molecule has 0 saturated carbocycles. The Bertz CT molecular complexity index is 711. The highest BCUT2D eigenvalue weighted by Gasteiger charge is 2.13. The summed E-state index contributed by atoms with van der Waals surface area (Å²) in [5.41, 5.74) is 3.01. The molecule has 5 heteroatoms. The first kappa shape index (κ1) is 19.0. The van der Waals surface area contributed by atoms with Gasteiger partial charge in [-0.3, -0.25) is 9.59 Å². The van der Waals surface area contributed by atoms with Gasteiger partial charge in [0, 0.05) is 37.1 Å². The molecule has 0 aliphatic carbocycles. The van der Waals surface area contributed by atoms with E-state index >= 15 is 0 Å². The Kier molecular flexibility index (Phi) is 7.02. The van der Waals surface area contributed by atoms with Crippen LogP contribution in [0.2, 0.25) is 5.02 Å². The van der Waals surface area contributed by atoms with Crippen LogP contribution in [0.1, 0.15) is 31.4 Å². The molecule has 0 aromatic heterocycles. The van der Waals surface area contributed by atoms with E-state index in [0.717, 1.165) is 17.7 Å². The van der Waals surface area contributed by atoms with Crippen LogP contribution in [0.5, 0.6) is 0 Å². The highest BCUT2D eigenvalue weighted by atomic mass is 35.5. The third-order valence-corrected chi connectivity index (χ3v) is 4.25. The van der Waals surface area contributed by atoms with Gasteiger partial charge in [-0.2, -0.15) is 0 Å². The Morgan fingerprint density at radius 2 is 1.60 bits per heavy atom. The average Bonchev–Trinajstić information content (AvgIpc) is 2.61. The number of nitrogens with one attached hydrogen (secondary N) is 1. The maximum atomic E-state index is 12.1. The summed E-state index contributed by atoms with van der Waals surface area (Å²) in [4.78, 5) is 25.6. The lowest BCUT2D eigenvalue weighted by Crippen LogP contribution is -2.33. The molecule has 0 unspecified atom stereocenters. The number of amides is 2. The molecule has 0 bridgehead atoms. The number of aryl methyl sites for hydroxylation is 1. The van der Waals surface area contributed by atoms with E-state index < -0.39 is 0 Å². The molecule has 0 aliphatic heterocycles. The van der Waals surface area contributed by atoms with Gasteiger partial charge in [0.15, 0.2) is 0 Å². The van der Waals surface area contributed by atoms with Gasteiger partial charge in [-0.15, -0.1) is 0 Å². The summed E-state index contributed by atoms with van der Waals surface area (Å²) >= 11 is 5.84. The van der Waals surface area contributed by atoms with Crippen molar-refractivity contribution < 1.29 is 9.59 Å². The lowest BCUT2D eigenvalue weighted by molar-refractivity contribution is -0.121. The molecular weight excluding hydrogens is 336 g/mol. The van der Waals surface area contributed by atoms with Gasteiger partial charge in [0.1, 0.15) is 0 Å².